The molecule has 1 aromatic carbocycles. The minimum atomic E-state index is -0.393. The summed E-state index contributed by atoms with van der Waals surface area (Å²) < 4.78 is 1.88. The molecule has 136 valence electrons. The Morgan fingerprint density at radius 1 is 1.31 bits per heavy atom. The Morgan fingerprint density at radius 3 is 2.73 bits per heavy atom. The van der Waals surface area contributed by atoms with Gasteiger partial charge in [-0.2, -0.15) is 5.10 Å². The first-order valence-electron chi connectivity index (χ1n) is 8.91. The van der Waals surface area contributed by atoms with Crippen LogP contribution >= 0.6 is 0 Å². The van der Waals surface area contributed by atoms with Gasteiger partial charge in [0.1, 0.15) is 6.04 Å². The fourth-order valence-corrected chi connectivity index (χ4v) is 3.35. The van der Waals surface area contributed by atoms with Crippen molar-refractivity contribution in [3.8, 4) is 5.69 Å². The van der Waals surface area contributed by atoms with Crippen molar-refractivity contribution >= 4 is 17.9 Å². The van der Waals surface area contributed by atoms with Gasteiger partial charge in [0.2, 0.25) is 11.8 Å². The van der Waals surface area contributed by atoms with E-state index in [1.165, 1.54) is 0 Å². The van der Waals surface area contributed by atoms with Crippen molar-refractivity contribution in [1.29, 1.82) is 0 Å². The molecule has 1 atom stereocenters. The van der Waals surface area contributed by atoms with Gasteiger partial charge in [-0.3, -0.25) is 9.59 Å². The Balaban J connectivity index is 1.83. The number of hydrogen-bond acceptors (Lipinski definition) is 3. The summed E-state index contributed by atoms with van der Waals surface area (Å²) >= 11 is 0. The van der Waals surface area contributed by atoms with Crippen LogP contribution in [-0.2, 0) is 9.59 Å². The molecule has 0 saturated carbocycles. The Bertz CT molecular complexity index is 839. The zero-order valence-electron chi connectivity index (χ0n) is 15.4. The van der Waals surface area contributed by atoms with Crippen molar-refractivity contribution in [2.75, 3.05) is 13.1 Å². The number of para-hydroxylation sites is 1. The topological polar surface area (TPSA) is 67.2 Å². The number of piperazine rings is 1. The monoisotopic (exact) mass is 352 g/mol. The normalized spacial score (nSPS) is 17.6. The molecule has 1 aromatic heterocycles. The first-order valence-corrected chi connectivity index (χ1v) is 8.91. The highest BCUT2D eigenvalue weighted by Crippen LogP contribution is 2.19. The van der Waals surface area contributed by atoms with Gasteiger partial charge in [0.25, 0.3) is 0 Å². The highest BCUT2D eigenvalue weighted by Gasteiger charge is 2.30. The third kappa shape index (κ3) is 3.40. The molecule has 0 radical (unpaired) electrons. The van der Waals surface area contributed by atoms with Gasteiger partial charge in [-0.25, -0.2) is 4.68 Å². The van der Waals surface area contributed by atoms with E-state index in [-0.39, 0.29) is 11.8 Å². The van der Waals surface area contributed by atoms with E-state index in [2.05, 4.69) is 10.4 Å². The Kier molecular flexibility index (Phi) is 5.21. The van der Waals surface area contributed by atoms with Crippen molar-refractivity contribution in [3.63, 3.8) is 0 Å². The minimum Gasteiger partial charge on any atom is -0.353 e. The predicted octanol–water partition coefficient (Wildman–Crippen LogP) is 2.24. The summed E-state index contributed by atoms with van der Waals surface area (Å²) in [5.41, 5.74) is 3.74. The molecule has 0 spiro atoms. The second kappa shape index (κ2) is 7.56. The van der Waals surface area contributed by atoms with E-state index in [1.54, 1.807) is 17.1 Å². The zero-order chi connectivity index (χ0) is 18.7. The average Bonchev–Trinajstić information content (AvgIpc) is 2.94. The van der Waals surface area contributed by atoms with Gasteiger partial charge in [-0.15, -0.1) is 0 Å². The molecule has 3 rings (SSSR count). The van der Waals surface area contributed by atoms with E-state index in [9.17, 15) is 9.59 Å². The van der Waals surface area contributed by atoms with Crippen LogP contribution in [0.15, 0.2) is 36.4 Å². The van der Waals surface area contributed by atoms with Crippen molar-refractivity contribution in [3.05, 3.63) is 53.4 Å². The zero-order valence-corrected chi connectivity index (χ0v) is 15.4. The van der Waals surface area contributed by atoms with E-state index in [0.717, 1.165) is 22.6 Å². The molecule has 1 N–H and O–H groups in total. The first-order chi connectivity index (χ1) is 12.5. The summed E-state index contributed by atoms with van der Waals surface area (Å²) in [5.74, 6) is -0.220. The predicted molar refractivity (Wildman–Crippen MR) is 101 cm³/mol. The SMILES string of the molecule is CCC1C(=O)NCCN1C(=O)/C=C/c1c(C)nn(-c2ccccc2)c1C. The Labute approximate surface area is 153 Å². The summed E-state index contributed by atoms with van der Waals surface area (Å²) in [5, 5.41) is 7.40. The molecular formula is C20H24N4O2. The molecule has 6 nitrogen and oxygen atoms in total. The van der Waals surface area contributed by atoms with E-state index < -0.39 is 6.04 Å². The van der Waals surface area contributed by atoms with Crippen molar-refractivity contribution in [1.82, 2.24) is 20.0 Å². The summed E-state index contributed by atoms with van der Waals surface area (Å²) in [7, 11) is 0. The van der Waals surface area contributed by atoms with Crippen LogP contribution in [0, 0.1) is 13.8 Å². The van der Waals surface area contributed by atoms with Gasteiger partial charge in [0.05, 0.1) is 11.4 Å². The molecule has 1 unspecified atom stereocenters. The second-order valence-electron chi connectivity index (χ2n) is 6.41. The third-order valence-electron chi connectivity index (χ3n) is 4.74. The van der Waals surface area contributed by atoms with E-state index in [1.807, 2.05) is 55.8 Å². The summed E-state index contributed by atoms with van der Waals surface area (Å²) in [4.78, 5) is 26.2. The highest BCUT2D eigenvalue weighted by atomic mass is 16.2. The van der Waals surface area contributed by atoms with E-state index in [4.69, 9.17) is 0 Å². The number of benzene rings is 1. The molecule has 1 fully saturated rings. The molecule has 26 heavy (non-hydrogen) atoms. The standard InChI is InChI=1S/C20H24N4O2/c1-4-18-20(26)21-12-13-23(18)19(25)11-10-17-14(2)22-24(15(17)3)16-8-6-5-7-9-16/h5-11,18H,4,12-13H2,1-3H3,(H,21,26)/b11-10+. The van der Waals surface area contributed by atoms with Crippen LogP contribution in [0.4, 0.5) is 0 Å². The maximum absolute atomic E-state index is 12.6. The van der Waals surface area contributed by atoms with E-state index in [0.29, 0.717) is 19.5 Å². The average molecular weight is 352 g/mol. The molecule has 6 heteroatoms. The molecule has 0 bridgehead atoms. The molecule has 1 aliphatic heterocycles. The molecule has 2 aromatic rings. The third-order valence-corrected chi connectivity index (χ3v) is 4.74. The van der Waals surface area contributed by atoms with Crippen LogP contribution in [0.25, 0.3) is 11.8 Å². The van der Waals surface area contributed by atoms with Crippen LogP contribution in [0.2, 0.25) is 0 Å². The molecule has 1 saturated heterocycles. The van der Waals surface area contributed by atoms with Crippen LogP contribution in [0.5, 0.6) is 0 Å². The van der Waals surface area contributed by atoms with Gasteiger partial charge >= 0.3 is 0 Å². The van der Waals surface area contributed by atoms with Gasteiger partial charge < -0.3 is 10.2 Å². The van der Waals surface area contributed by atoms with E-state index >= 15 is 0 Å². The first kappa shape index (κ1) is 17.9. The number of amides is 2. The maximum atomic E-state index is 12.6. The fraction of sp³-hybridized carbons (Fsp3) is 0.350. The molecular weight excluding hydrogens is 328 g/mol. The van der Waals surface area contributed by atoms with Crippen LogP contribution in [0.1, 0.15) is 30.3 Å². The number of nitrogens with zero attached hydrogens (tertiary/aromatic N) is 3. The number of aromatic nitrogens is 2. The number of nitrogens with one attached hydrogen (secondary N) is 1. The van der Waals surface area contributed by atoms with Crippen molar-refractivity contribution in [2.24, 2.45) is 0 Å². The largest absolute Gasteiger partial charge is 0.353 e. The lowest BCUT2D eigenvalue weighted by Crippen LogP contribution is -2.56. The van der Waals surface area contributed by atoms with Gasteiger partial charge in [0.15, 0.2) is 0 Å². The van der Waals surface area contributed by atoms with Crippen molar-refractivity contribution < 1.29 is 9.59 Å². The van der Waals surface area contributed by atoms with Gasteiger partial charge in [-0.05, 0) is 38.5 Å². The van der Waals surface area contributed by atoms with Gasteiger partial charge in [-0.1, -0.05) is 25.1 Å². The number of rotatable bonds is 4. The van der Waals surface area contributed by atoms with Crippen molar-refractivity contribution in [2.45, 2.75) is 33.2 Å². The molecule has 2 amide bonds. The lowest BCUT2D eigenvalue weighted by molar-refractivity contribution is -0.140. The van der Waals surface area contributed by atoms with Crippen LogP contribution in [0.3, 0.4) is 0 Å². The lowest BCUT2D eigenvalue weighted by Gasteiger charge is -2.33. The molecule has 2 heterocycles. The number of aryl methyl sites for hydroxylation is 1. The fourth-order valence-electron chi connectivity index (χ4n) is 3.35. The van der Waals surface area contributed by atoms with Crippen LogP contribution in [-0.4, -0.2) is 45.6 Å². The Hall–Kier alpha value is -2.89. The number of carbonyl (C=O) groups is 2. The second-order valence-corrected chi connectivity index (χ2v) is 6.41. The summed E-state index contributed by atoms with van der Waals surface area (Å²) in [6, 6.07) is 9.50. The summed E-state index contributed by atoms with van der Waals surface area (Å²) in [6.07, 6.45) is 3.96. The summed E-state index contributed by atoms with van der Waals surface area (Å²) in [6.45, 7) is 6.87. The number of carbonyl (C=O) groups excluding carboxylic acids is 2. The highest BCUT2D eigenvalue weighted by molar-refractivity contribution is 5.96. The van der Waals surface area contributed by atoms with Gasteiger partial charge in [0, 0.05) is 30.4 Å². The Morgan fingerprint density at radius 2 is 2.04 bits per heavy atom. The minimum absolute atomic E-state index is 0.0789. The molecule has 1 aliphatic rings. The maximum Gasteiger partial charge on any atom is 0.247 e. The van der Waals surface area contributed by atoms with Crippen LogP contribution < -0.4 is 5.32 Å². The smallest absolute Gasteiger partial charge is 0.247 e. The number of hydrogen-bond donors (Lipinski definition) is 1. The molecule has 0 aliphatic carbocycles. The lowest BCUT2D eigenvalue weighted by atomic mass is 10.1. The quantitative estimate of drug-likeness (QED) is 0.858.